The van der Waals surface area contributed by atoms with Gasteiger partial charge in [-0.15, -0.1) is 0 Å². The Hall–Kier alpha value is -2.80. The number of H-pyrrole nitrogens is 1. The number of benzene rings is 1. The highest BCUT2D eigenvalue weighted by Gasteiger charge is 2.33. The Balaban J connectivity index is 1.51. The predicted molar refractivity (Wildman–Crippen MR) is 86.0 cm³/mol. The Bertz CT molecular complexity index is 856. The highest BCUT2D eigenvalue weighted by Crippen LogP contribution is 2.25. The van der Waals surface area contributed by atoms with Crippen molar-refractivity contribution in [3.05, 3.63) is 48.0 Å². The van der Waals surface area contributed by atoms with Crippen LogP contribution in [0.2, 0.25) is 0 Å². The van der Waals surface area contributed by atoms with Crippen LogP contribution in [0.3, 0.4) is 0 Å². The van der Waals surface area contributed by atoms with E-state index < -0.39 is 0 Å². The van der Waals surface area contributed by atoms with Crippen molar-refractivity contribution in [3.63, 3.8) is 0 Å². The maximum atomic E-state index is 12.6. The van der Waals surface area contributed by atoms with Crippen LogP contribution in [0.25, 0.3) is 11.0 Å². The van der Waals surface area contributed by atoms with Crippen LogP contribution in [0.5, 0.6) is 5.75 Å². The molecule has 3 aromatic rings. The van der Waals surface area contributed by atoms with E-state index in [0.717, 1.165) is 10.9 Å². The SMILES string of the molecule is Cc1c(C(=O)N[C@H]2COC[C@H]2Oc2cn[nH]c2)oc2ccccc12. The number of para-hydroxylation sites is 1. The number of carbonyl (C=O) groups is 1. The van der Waals surface area contributed by atoms with Gasteiger partial charge in [0, 0.05) is 10.9 Å². The number of aromatic nitrogens is 2. The van der Waals surface area contributed by atoms with Gasteiger partial charge in [-0.3, -0.25) is 9.89 Å². The number of hydrogen-bond acceptors (Lipinski definition) is 5. The van der Waals surface area contributed by atoms with E-state index in [2.05, 4.69) is 15.5 Å². The topological polar surface area (TPSA) is 89.4 Å². The van der Waals surface area contributed by atoms with E-state index in [0.29, 0.717) is 30.3 Å². The third kappa shape index (κ3) is 2.63. The van der Waals surface area contributed by atoms with Gasteiger partial charge >= 0.3 is 0 Å². The molecule has 2 atom stereocenters. The van der Waals surface area contributed by atoms with Crippen molar-refractivity contribution in [2.24, 2.45) is 0 Å². The van der Waals surface area contributed by atoms with Crippen molar-refractivity contribution in [1.82, 2.24) is 15.5 Å². The minimum Gasteiger partial charge on any atom is -0.482 e. The molecule has 1 aliphatic rings. The molecule has 7 nitrogen and oxygen atoms in total. The predicted octanol–water partition coefficient (Wildman–Crippen LogP) is 2.04. The number of fused-ring (bicyclic) bond motifs is 1. The second kappa shape index (κ2) is 6.01. The number of nitrogens with zero attached hydrogens (tertiary/aromatic N) is 1. The molecule has 1 saturated heterocycles. The number of amides is 1. The largest absolute Gasteiger partial charge is 0.482 e. The molecule has 124 valence electrons. The van der Waals surface area contributed by atoms with Crippen LogP contribution < -0.4 is 10.1 Å². The Morgan fingerprint density at radius 2 is 2.25 bits per heavy atom. The zero-order valence-corrected chi connectivity index (χ0v) is 13.1. The van der Waals surface area contributed by atoms with Gasteiger partial charge in [-0.05, 0) is 13.0 Å². The first-order valence-electron chi connectivity index (χ1n) is 7.74. The Morgan fingerprint density at radius 1 is 1.38 bits per heavy atom. The van der Waals surface area contributed by atoms with Crippen molar-refractivity contribution in [2.75, 3.05) is 13.2 Å². The van der Waals surface area contributed by atoms with Crippen LogP contribution in [0.1, 0.15) is 16.1 Å². The monoisotopic (exact) mass is 327 g/mol. The molecule has 3 heterocycles. The maximum absolute atomic E-state index is 12.6. The smallest absolute Gasteiger partial charge is 0.287 e. The lowest BCUT2D eigenvalue weighted by molar-refractivity contribution is 0.0877. The summed E-state index contributed by atoms with van der Waals surface area (Å²) in [4.78, 5) is 12.6. The Kier molecular flexibility index (Phi) is 3.70. The van der Waals surface area contributed by atoms with Gasteiger partial charge in [0.05, 0.1) is 31.6 Å². The van der Waals surface area contributed by atoms with E-state index in [-0.39, 0.29) is 18.1 Å². The second-order valence-corrected chi connectivity index (χ2v) is 5.76. The number of aromatic amines is 1. The molecule has 1 amide bonds. The van der Waals surface area contributed by atoms with Gasteiger partial charge in [0.2, 0.25) is 0 Å². The van der Waals surface area contributed by atoms with Crippen molar-refractivity contribution in [1.29, 1.82) is 0 Å². The molecule has 1 aromatic carbocycles. The van der Waals surface area contributed by atoms with Crippen LogP contribution in [0.4, 0.5) is 0 Å². The van der Waals surface area contributed by atoms with Gasteiger partial charge in [0.25, 0.3) is 5.91 Å². The Labute approximate surface area is 137 Å². The van der Waals surface area contributed by atoms with E-state index in [1.54, 1.807) is 12.4 Å². The number of aryl methyl sites for hydroxylation is 1. The molecule has 1 aliphatic heterocycles. The lowest BCUT2D eigenvalue weighted by atomic mass is 10.1. The van der Waals surface area contributed by atoms with Crippen LogP contribution in [-0.2, 0) is 4.74 Å². The number of hydrogen-bond donors (Lipinski definition) is 2. The molecule has 0 bridgehead atoms. The number of carbonyl (C=O) groups excluding carboxylic acids is 1. The van der Waals surface area contributed by atoms with Crippen molar-refractivity contribution < 1.29 is 18.7 Å². The Morgan fingerprint density at radius 3 is 3.04 bits per heavy atom. The molecule has 0 spiro atoms. The third-order valence-electron chi connectivity index (χ3n) is 4.16. The fourth-order valence-electron chi connectivity index (χ4n) is 2.89. The highest BCUT2D eigenvalue weighted by atomic mass is 16.5. The summed E-state index contributed by atoms with van der Waals surface area (Å²) in [5.41, 5.74) is 1.53. The number of nitrogens with one attached hydrogen (secondary N) is 2. The standard InChI is InChI=1S/C17H17N3O4/c1-10-12-4-2-3-5-14(12)24-16(10)17(21)20-13-8-22-9-15(13)23-11-6-18-19-7-11/h2-7,13,15H,8-9H2,1H3,(H,18,19)(H,20,21)/t13-,15+/m0/s1. The third-order valence-corrected chi connectivity index (χ3v) is 4.16. The van der Waals surface area contributed by atoms with Gasteiger partial charge in [0.15, 0.2) is 11.5 Å². The highest BCUT2D eigenvalue weighted by molar-refractivity contribution is 5.99. The first-order chi connectivity index (χ1) is 11.7. The molecule has 1 fully saturated rings. The van der Waals surface area contributed by atoms with Crippen molar-refractivity contribution in [2.45, 2.75) is 19.1 Å². The summed E-state index contributed by atoms with van der Waals surface area (Å²) in [6.07, 6.45) is 2.97. The van der Waals surface area contributed by atoms with E-state index in [9.17, 15) is 4.79 Å². The van der Waals surface area contributed by atoms with Crippen LogP contribution in [0, 0.1) is 6.92 Å². The summed E-state index contributed by atoms with van der Waals surface area (Å²) in [5.74, 6) is 0.676. The summed E-state index contributed by atoms with van der Waals surface area (Å²) in [7, 11) is 0. The number of ether oxygens (including phenoxy) is 2. The minimum absolute atomic E-state index is 0.250. The summed E-state index contributed by atoms with van der Waals surface area (Å²) in [5, 5.41) is 10.4. The van der Waals surface area contributed by atoms with Gasteiger partial charge < -0.3 is 19.2 Å². The molecule has 7 heteroatoms. The van der Waals surface area contributed by atoms with Crippen LogP contribution in [0.15, 0.2) is 41.1 Å². The van der Waals surface area contributed by atoms with E-state index in [1.165, 1.54) is 0 Å². The number of furan rings is 1. The summed E-state index contributed by atoms with van der Waals surface area (Å²) in [6.45, 7) is 2.69. The lowest BCUT2D eigenvalue weighted by Gasteiger charge is -2.19. The maximum Gasteiger partial charge on any atom is 0.287 e. The molecule has 0 aliphatic carbocycles. The molecule has 2 N–H and O–H groups in total. The van der Waals surface area contributed by atoms with Crippen LogP contribution in [-0.4, -0.2) is 41.5 Å². The summed E-state index contributed by atoms with van der Waals surface area (Å²) >= 11 is 0. The van der Waals surface area contributed by atoms with Gasteiger partial charge in [0.1, 0.15) is 11.7 Å². The zero-order chi connectivity index (χ0) is 16.5. The minimum atomic E-state index is -0.267. The average molecular weight is 327 g/mol. The van der Waals surface area contributed by atoms with Gasteiger partial charge in [-0.25, -0.2) is 0 Å². The molecular formula is C17H17N3O4. The summed E-state index contributed by atoms with van der Waals surface area (Å²) in [6, 6.07) is 7.34. The van der Waals surface area contributed by atoms with Crippen LogP contribution >= 0.6 is 0 Å². The van der Waals surface area contributed by atoms with Crippen molar-refractivity contribution in [3.8, 4) is 5.75 Å². The summed E-state index contributed by atoms with van der Waals surface area (Å²) < 4.78 is 16.9. The molecular weight excluding hydrogens is 310 g/mol. The zero-order valence-electron chi connectivity index (χ0n) is 13.1. The van der Waals surface area contributed by atoms with E-state index in [4.69, 9.17) is 13.9 Å². The van der Waals surface area contributed by atoms with E-state index >= 15 is 0 Å². The van der Waals surface area contributed by atoms with E-state index in [1.807, 2.05) is 31.2 Å². The molecule has 4 rings (SSSR count). The molecule has 0 unspecified atom stereocenters. The second-order valence-electron chi connectivity index (χ2n) is 5.76. The fourth-order valence-corrected chi connectivity index (χ4v) is 2.89. The first-order valence-corrected chi connectivity index (χ1v) is 7.74. The average Bonchev–Trinajstić information content (AvgIpc) is 3.31. The lowest BCUT2D eigenvalue weighted by Crippen LogP contribution is -2.45. The first kappa shape index (κ1) is 14.8. The molecule has 24 heavy (non-hydrogen) atoms. The normalized spacial score (nSPS) is 20.4. The van der Waals surface area contributed by atoms with Crippen molar-refractivity contribution >= 4 is 16.9 Å². The quantitative estimate of drug-likeness (QED) is 0.765. The molecule has 2 aromatic heterocycles. The van der Waals surface area contributed by atoms with Gasteiger partial charge in [-0.2, -0.15) is 5.10 Å². The molecule has 0 radical (unpaired) electrons. The fraction of sp³-hybridized carbons (Fsp3) is 0.294. The van der Waals surface area contributed by atoms with Gasteiger partial charge in [-0.1, -0.05) is 18.2 Å². The number of rotatable bonds is 4. The molecule has 0 saturated carbocycles.